The zero-order chi connectivity index (χ0) is 14.7. The minimum Gasteiger partial charge on any atom is -0.372 e. The van der Waals surface area contributed by atoms with Crippen molar-refractivity contribution >= 4 is 17.3 Å². The lowest BCUT2D eigenvalue weighted by atomic mass is 10.1. The maximum atomic E-state index is 6.07. The van der Waals surface area contributed by atoms with Crippen LogP contribution in [0.5, 0.6) is 0 Å². The molecule has 21 heavy (non-hydrogen) atoms. The molecule has 2 fully saturated rings. The van der Waals surface area contributed by atoms with Crippen LogP contribution >= 0.6 is 11.6 Å². The molecule has 2 heterocycles. The van der Waals surface area contributed by atoms with Crippen molar-refractivity contribution in [2.45, 2.75) is 25.0 Å². The van der Waals surface area contributed by atoms with E-state index in [4.69, 9.17) is 22.1 Å². The number of nitrogens with zero attached hydrogens (tertiary/aromatic N) is 2. The van der Waals surface area contributed by atoms with E-state index < -0.39 is 0 Å². The van der Waals surface area contributed by atoms with Gasteiger partial charge in [0, 0.05) is 50.0 Å². The smallest absolute Gasteiger partial charge is 0.0707 e. The second kappa shape index (κ2) is 6.97. The third-order valence-corrected chi connectivity index (χ3v) is 4.70. The van der Waals surface area contributed by atoms with Crippen LogP contribution in [0, 0.1) is 0 Å². The van der Waals surface area contributed by atoms with Crippen LogP contribution in [0.3, 0.4) is 0 Å². The maximum absolute atomic E-state index is 6.07. The molecule has 2 aliphatic rings. The van der Waals surface area contributed by atoms with Gasteiger partial charge in [0.15, 0.2) is 0 Å². The van der Waals surface area contributed by atoms with E-state index in [2.05, 4.69) is 15.9 Å². The zero-order valence-electron chi connectivity index (χ0n) is 12.4. The monoisotopic (exact) mass is 309 g/mol. The quantitative estimate of drug-likeness (QED) is 0.923. The molecule has 0 amide bonds. The first kappa shape index (κ1) is 15.1. The van der Waals surface area contributed by atoms with Crippen molar-refractivity contribution in [1.82, 2.24) is 4.90 Å². The number of hydrogen-bond acceptors (Lipinski definition) is 4. The Morgan fingerprint density at radius 1 is 1.14 bits per heavy atom. The fourth-order valence-corrected chi connectivity index (χ4v) is 3.42. The number of hydrogen-bond donors (Lipinski definition) is 1. The third kappa shape index (κ3) is 3.89. The van der Waals surface area contributed by atoms with E-state index in [1.165, 1.54) is 5.69 Å². The largest absolute Gasteiger partial charge is 0.372 e. The Morgan fingerprint density at radius 3 is 2.57 bits per heavy atom. The van der Waals surface area contributed by atoms with E-state index >= 15 is 0 Å². The molecule has 0 bridgehead atoms. The van der Waals surface area contributed by atoms with Crippen LogP contribution in [0.25, 0.3) is 0 Å². The van der Waals surface area contributed by atoms with Gasteiger partial charge in [-0.1, -0.05) is 17.7 Å². The van der Waals surface area contributed by atoms with E-state index in [0.717, 1.165) is 50.6 Å². The number of ether oxygens (including phenoxy) is 1. The van der Waals surface area contributed by atoms with Gasteiger partial charge in [-0.15, -0.1) is 0 Å². The molecule has 2 atom stereocenters. The summed E-state index contributed by atoms with van der Waals surface area (Å²) in [5.74, 6) is 0. The molecular weight excluding hydrogens is 286 g/mol. The zero-order valence-corrected chi connectivity index (χ0v) is 13.1. The average Bonchev–Trinajstić information content (AvgIpc) is 2.96. The topological polar surface area (TPSA) is 41.7 Å². The standard InChI is InChI=1S/C16H24ClN3O/c17-13-2-1-3-14(10-13)20-8-6-19(7-9-20)12-16-5-4-15(11-18)21-16/h1-3,10,15-16H,4-9,11-12,18H2. The summed E-state index contributed by atoms with van der Waals surface area (Å²) in [5, 5.41) is 0.808. The summed E-state index contributed by atoms with van der Waals surface area (Å²) in [6.45, 7) is 5.96. The van der Waals surface area contributed by atoms with Gasteiger partial charge in [-0.05, 0) is 31.0 Å². The van der Waals surface area contributed by atoms with Gasteiger partial charge in [-0.3, -0.25) is 4.90 Å². The summed E-state index contributed by atoms with van der Waals surface area (Å²) in [7, 11) is 0. The van der Waals surface area contributed by atoms with Gasteiger partial charge >= 0.3 is 0 Å². The van der Waals surface area contributed by atoms with Crippen molar-refractivity contribution in [1.29, 1.82) is 0 Å². The Labute approximate surface area is 131 Å². The number of piperazine rings is 1. The Bertz CT molecular complexity index is 463. The van der Waals surface area contributed by atoms with Gasteiger partial charge in [0.05, 0.1) is 12.2 Å². The van der Waals surface area contributed by atoms with Gasteiger partial charge in [0.1, 0.15) is 0 Å². The van der Waals surface area contributed by atoms with Crippen LogP contribution in [0.2, 0.25) is 5.02 Å². The van der Waals surface area contributed by atoms with Crippen molar-refractivity contribution in [2.75, 3.05) is 44.2 Å². The molecule has 4 nitrogen and oxygen atoms in total. The van der Waals surface area contributed by atoms with Crippen LogP contribution in [0.4, 0.5) is 5.69 Å². The number of rotatable bonds is 4. The van der Waals surface area contributed by atoms with E-state index in [-0.39, 0.29) is 6.10 Å². The van der Waals surface area contributed by atoms with Gasteiger partial charge in [0.25, 0.3) is 0 Å². The van der Waals surface area contributed by atoms with Crippen LogP contribution in [0.15, 0.2) is 24.3 Å². The van der Waals surface area contributed by atoms with E-state index in [1.54, 1.807) is 0 Å². The van der Waals surface area contributed by atoms with Crippen LogP contribution in [0.1, 0.15) is 12.8 Å². The van der Waals surface area contributed by atoms with Gasteiger partial charge in [-0.2, -0.15) is 0 Å². The summed E-state index contributed by atoms with van der Waals surface area (Å²) in [5.41, 5.74) is 6.89. The highest BCUT2D eigenvalue weighted by Crippen LogP contribution is 2.23. The summed E-state index contributed by atoms with van der Waals surface area (Å²) in [6.07, 6.45) is 2.92. The van der Waals surface area contributed by atoms with E-state index in [9.17, 15) is 0 Å². The molecule has 0 aromatic heterocycles. The first-order chi connectivity index (χ1) is 10.2. The van der Waals surface area contributed by atoms with Crippen molar-refractivity contribution in [3.05, 3.63) is 29.3 Å². The molecule has 1 aromatic rings. The summed E-state index contributed by atoms with van der Waals surface area (Å²) >= 11 is 6.07. The molecule has 0 saturated carbocycles. The molecule has 1 aromatic carbocycles. The molecule has 0 spiro atoms. The molecule has 3 rings (SSSR count). The van der Waals surface area contributed by atoms with Crippen molar-refractivity contribution in [3.8, 4) is 0 Å². The SMILES string of the molecule is NCC1CCC(CN2CCN(c3cccc(Cl)c3)CC2)O1. The van der Waals surface area contributed by atoms with Gasteiger partial charge in [0.2, 0.25) is 0 Å². The summed E-state index contributed by atoms with van der Waals surface area (Å²) < 4.78 is 5.94. The second-order valence-corrected chi connectivity index (χ2v) is 6.40. The fraction of sp³-hybridized carbons (Fsp3) is 0.625. The number of nitrogens with two attached hydrogens (primary N) is 1. The average molecular weight is 310 g/mol. The highest BCUT2D eigenvalue weighted by atomic mass is 35.5. The Kier molecular flexibility index (Phi) is 5.01. The van der Waals surface area contributed by atoms with Crippen molar-refractivity contribution in [3.63, 3.8) is 0 Å². The molecule has 2 unspecified atom stereocenters. The lowest BCUT2D eigenvalue weighted by Gasteiger charge is -2.37. The number of benzene rings is 1. The first-order valence-corrected chi connectivity index (χ1v) is 8.21. The number of anilines is 1. The summed E-state index contributed by atoms with van der Waals surface area (Å²) in [6, 6.07) is 8.12. The van der Waals surface area contributed by atoms with Crippen molar-refractivity contribution < 1.29 is 4.74 Å². The molecule has 2 aliphatic heterocycles. The highest BCUT2D eigenvalue weighted by molar-refractivity contribution is 6.30. The highest BCUT2D eigenvalue weighted by Gasteiger charge is 2.27. The minimum atomic E-state index is 0.280. The Morgan fingerprint density at radius 2 is 1.90 bits per heavy atom. The van der Waals surface area contributed by atoms with Crippen LogP contribution < -0.4 is 10.6 Å². The Balaban J connectivity index is 1.47. The van der Waals surface area contributed by atoms with Crippen LogP contribution in [-0.4, -0.2) is 56.4 Å². The lowest BCUT2D eigenvalue weighted by Crippen LogP contribution is -2.48. The van der Waals surface area contributed by atoms with Crippen molar-refractivity contribution in [2.24, 2.45) is 5.73 Å². The molecule has 0 aliphatic carbocycles. The lowest BCUT2D eigenvalue weighted by molar-refractivity contribution is 0.0260. The van der Waals surface area contributed by atoms with Crippen LogP contribution in [-0.2, 0) is 4.74 Å². The Hall–Kier alpha value is -0.810. The molecule has 0 radical (unpaired) electrons. The normalized spacial score (nSPS) is 27.2. The van der Waals surface area contributed by atoms with E-state index in [1.807, 2.05) is 18.2 Å². The molecule has 2 N–H and O–H groups in total. The van der Waals surface area contributed by atoms with Gasteiger partial charge in [-0.25, -0.2) is 0 Å². The maximum Gasteiger partial charge on any atom is 0.0707 e. The predicted octanol–water partition coefficient (Wildman–Crippen LogP) is 1.97. The molecule has 2 saturated heterocycles. The molecule has 5 heteroatoms. The minimum absolute atomic E-state index is 0.280. The summed E-state index contributed by atoms with van der Waals surface area (Å²) in [4.78, 5) is 4.91. The molecule has 116 valence electrons. The van der Waals surface area contributed by atoms with Gasteiger partial charge < -0.3 is 15.4 Å². The van der Waals surface area contributed by atoms with E-state index in [0.29, 0.717) is 12.6 Å². The number of halogens is 1. The third-order valence-electron chi connectivity index (χ3n) is 4.47. The second-order valence-electron chi connectivity index (χ2n) is 5.96. The first-order valence-electron chi connectivity index (χ1n) is 7.83. The predicted molar refractivity (Wildman–Crippen MR) is 87.1 cm³/mol. The fourth-order valence-electron chi connectivity index (χ4n) is 3.24. The molecular formula is C16H24ClN3O.